The van der Waals surface area contributed by atoms with Crippen molar-refractivity contribution in [2.24, 2.45) is 5.73 Å². The molecule has 1 nitrogen and oxygen atoms in total. The van der Waals surface area contributed by atoms with Crippen molar-refractivity contribution >= 4 is 38.5 Å². The van der Waals surface area contributed by atoms with Crippen LogP contribution in [0.25, 0.3) is 0 Å². The maximum atomic E-state index is 5.88. The van der Waals surface area contributed by atoms with Crippen LogP contribution in [0.15, 0.2) is 28.7 Å². The highest BCUT2D eigenvalue weighted by Crippen LogP contribution is 2.25. The molecule has 0 fully saturated rings. The smallest absolute Gasteiger partial charge is 0.0906 e. The quantitative estimate of drug-likeness (QED) is 0.479. The summed E-state index contributed by atoms with van der Waals surface area (Å²) in [5.74, 6) is 0. The van der Waals surface area contributed by atoms with E-state index in [1.165, 1.54) is 0 Å². The molecule has 0 radical (unpaired) electrons. The molecule has 0 aliphatic carbocycles. The molecule has 0 aromatic heterocycles. The predicted molar refractivity (Wildman–Crippen MR) is 59.7 cm³/mol. The van der Waals surface area contributed by atoms with E-state index in [4.69, 9.17) is 5.73 Å². The molecule has 11 heavy (non-hydrogen) atoms. The molecule has 1 aromatic rings. The average Bonchev–Trinajstić information content (AvgIpc) is 1.86. The van der Waals surface area contributed by atoms with Gasteiger partial charge in [0.1, 0.15) is 0 Å². The number of halogens is 2. The van der Waals surface area contributed by atoms with E-state index in [9.17, 15) is 0 Å². The second-order valence-corrected chi connectivity index (χ2v) is 5.74. The van der Waals surface area contributed by atoms with E-state index in [1.807, 2.05) is 31.2 Å². The highest BCUT2D eigenvalue weighted by molar-refractivity contribution is 14.1. The maximum Gasteiger partial charge on any atom is 0.0906 e. The van der Waals surface area contributed by atoms with Gasteiger partial charge in [0.2, 0.25) is 0 Å². The molecule has 3 heteroatoms. The summed E-state index contributed by atoms with van der Waals surface area (Å²) in [5.41, 5.74) is 7.02. The Labute approximate surface area is 88.6 Å². The van der Waals surface area contributed by atoms with E-state index >= 15 is 0 Å². The normalized spacial score (nSPS) is 16.0. The van der Waals surface area contributed by atoms with Gasteiger partial charge in [-0.25, -0.2) is 0 Å². The highest BCUT2D eigenvalue weighted by Gasteiger charge is 2.14. The Balaban J connectivity index is 2.99. The number of benzene rings is 1. The molecule has 0 unspecified atom stereocenters. The van der Waals surface area contributed by atoms with E-state index in [-0.39, 0.29) is 3.55 Å². The molecule has 0 saturated heterocycles. The van der Waals surface area contributed by atoms with Crippen molar-refractivity contribution in [1.82, 2.24) is 0 Å². The molecule has 1 atom stereocenters. The van der Waals surface area contributed by atoms with E-state index in [1.54, 1.807) is 0 Å². The van der Waals surface area contributed by atoms with Gasteiger partial charge in [0, 0.05) is 4.47 Å². The second kappa shape index (κ2) is 3.41. The minimum atomic E-state index is -0.265. The summed E-state index contributed by atoms with van der Waals surface area (Å²) >= 11 is 5.59. The zero-order valence-electron chi connectivity index (χ0n) is 6.14. The van der Waals surface area contributed by atoms with Crippen LogP contribution in [0.2, 0.25) is 0 Å². The van der Waals surface area contributed by atoms with Crippen molar-refractivity contribution in [1.29, 1.82) is 0 Å². The van der Waals surface area contributed by atoms with Crippen LogP contribution in [0.3, 0.4) is 0 Å². The molecule has 0 spiro atoms. The van der Waals surface area contributed by atoms with Crippen LogP contribution < -0.4 is 5.73 Å². The third-order valence-corrected chi connectivity index (χ3v) is 2.56. The van der Waals surface area contributed by atoms with Crippen LogP contribution in [0.1, 0.15) is 12.5 Å². The van der Waals surface area contributed by atoms with Crippen LogP contribution in [-0.2, 0) is 3.55 Å². The summed E-state index contributed by atoms with van der Waals surface area (Å²) in [7, 11) is 0. The third kappa shape index (κ3) is 2.72. The van der Waals surface area contributed by atoms with Crippen molar-refractivity contribution in [3.8, 4) is 0 Å². The number of rotatable bonds is 1. The van der Waals surface area contributed by atoms with Gasteiger partial charge < -0.3 is 5.73 Å². The third-order valence-electron chi connectivity index (χ3n) is 1.41. The van der Waals surface area contributed by atoms with E-state index in [0.29, 0.717) is 0 Å². The van der Waals surface area contributed by atoms with Crippen molar-refractivity contribution < 1.29 is 0 Å². The summed E-state index contributed by atoms with van der Waals surface area (Å²) in [5, 5.41) is 0. The molecular weight excluding hydrogens is 317 g/mol. The SMILES string of the molecule is C[C@](N)(I)c1ccc(Br)cc1. The van der Waals surface area contributed by atoms with E-state index in [0.717, 1.165) is 10.0 Å². The molecule has 60 valence electrons. The topological polar surface area (TPSA) is 26.0 Å². The molecule has 1 aromatic carbocycles. The Morgan fingerprint density at radius 3 is 2.18 bits per heavy atom. The van der Waals surface area contributed by atoms with E-state index in [2.05, 4.69) is 38.5 Å². The predicted octanol–water partition coefficient (Wildman–Crippen LogP) is 3.02. The standard InChI is InChI=1S/C8H9BrIN/c1-8(10,11)6-2-4-7(9)5-3-6/h2-5H,11H2,1H3/t8-/m1/s1. The summed E-state index contributed by atoms with van der Waals surface area (Å²) < 4.78 is 0.820. The van der Waals surface area contributed by atoms with Gasteiger partial charge in [0.25, 0.3) is 0 Å². The fraction of sp³-hybridized carbons (Fsp3) is 0.250. The Morgan fingerprint density at radius 2 is 1.82 bits per heavy atom. The Bertz CT molecular complexity index is 237. The first-order chi connectivity index (χ1) is 5.00. The van der Waals surface area contributed by atoms with Gasteiger partial charge in [-0.15, -0.1) is 0 Å². The molecule has 1 rings (SSSR count). The van der Waals surface area contributed by atoms with Gasteiger partial charge in [-0.2, -0.15) is 0 Å². The lowest BCUT2D eigenvalue weighted by atomic mass is 10.1. The fourth-order valence-electron chi connectivity index (χ4n) is 0.776. The summed E-state index contributed by atoms with van der Waals surface area (Å²) in [6, 6.07) is 8.05. The van der Waals surface area contributed by atoms with Gasteiger partial charge in [-0.05, 0) is 24.6 Å². The van der Waals surface area contributed by atoms with Crippen LogP contribution in [0.4, 0.5) is 0 Å². The zero-order chi connectivity index (χ0) is 8.48. The largest absolute Gasteiger partial charge is 0.313 e. The van der Waals surface area contributed by atoms with Gasteiger partial charge in [-0.3, -0.25) is 0 Å². The fourth-order valence-corrected chi connectivity index (χ4v) is 1.40. The molecule has 0 aliphatic rings. The maximum absolute atomic E-state index is 5.88. The van der Waals surface area contributed by atoms with Crippen LogP contribution >= 0.6 is 38.5 Å². The molecule has 0 heterocycles. The highest BCUT2D eigenvalue weighted by atomic mass is 127. The summed E-state index contributed by atoms with van der Waals surface area (Å²) in [4.78, 5) is 0. The van der Waals surface area contributed by atoms with Gasteiger partial charge >= 0.3 is 0 Å². The molecule has 0 amide bonds. The van der Waals surface area contributed by atoms with Crippen molar-refractivity contribution in [3.05, 3.63) is 34.3 Å². The first kappa shape index (κ1) is 9.48. The minimum Gasteiger partial charge on any atom is -0.313 e. The molecule has 0 aliphatic heterocycles. The minimum absolute atomic E-state index is 0.265. The summed E-state index contributed by atoms with van der Waals surface area (Å²) in [6.07, 6.45) is 0. The Morgan fingerprint density at radius 1 is 1.36 bits per heavy atom. The van der Waals surface area contributed by atoms with Gasteiger partial charge in [0.15, 0.2) is 0 Å². The Kier molecular flexibility index (Phi) is 2.94. The lowest BCUT2D eigenvalue weighted by molar-refractivity contribution is 0.779. The number of hydrogen-bond acceptors (Lipinski definition) is 1. The number of alkyl halides is 1. The molecule has 2 N–H and O–H groups in total. The molecule has 0 bridgehead atoms. The van der Waals surface area contributed by atoms with Crippen molar-refractivity contribution in [3.63, 3.8) is 0 Å². The number of hydrogen-bond donors (Lipinski definition) is 1. The van der Waals surface area contributed by atoms with Crippen LogP contribution in [-0.4, -0.2) is 0 Å². The average molecular weight is 326 g/mol. The van der Waals surface area contributed by atoms with Crippen LogP contribution in [0, 0.1) is 0 Å². The monoisotopic (exact) mass is 325 g/mol. The lowest BCUT2D eigenvalue weighted by Crippen LogP contribution is -2.24. The van der Waals surface area contributed by atoms with E-state index < -0.39 is 0 Å². The first-order valence-corrected chi connectivity index (χ1v) is 5.11. The van der Waals surface area contributed by atoms with Crippen molar-refractivity contribution in [2.45, 2.75) is 10.5 Å². The molecule has 0 saturated carbocycles. The van der Waals surface area contributed by atoms with Crippen molar-refractivity contribution in [2.75, 3.05) is 0 Å². The first-order valence-electron chi connectivity index (χ1n) is 3.24. The molecular formula is C8H9BrIN. The van der Waals surface area contributed by atoms with Gasteiger partial charge in [-0.1, -0.05) is 50.7 Å². The van der Waals surface area contributed by atoms with Gasteiger partial charge in [0.05, 0.1) is 3.55 Å². The second-order valence-electron chi connectivity index (χ2n) is 2.58. The zero-order valence-corrected chi connectivity index (χ0v) is 9.89. The Hall–Kier alpha value is 0.390. The van der Waals surface area contributed by atoms with Crippen LogP contribution in [0.5, 0.6) is 0 Å². The lowest BCUT2D eigenvalue weighted by Gasteiger charge is -2.16. The number of nitrogens with two attached hydrogens (primary N) is 1. The summed E-state index contributed by atoms with van der Waals surface area (Å²) in [6.45, 7) is 1.98.